The Morgan fingerprint density at radius 2 is 1.67 bits per heavy atom. The van der Waals surface area contributed by atoms with Gasteiger partial charge in [-0.2, -0.15) is 0 Å². The van der Waals surface area contributed by atoms with E-state index < -0.39 is 11.6 Å². The van der Waals surface area contributed by atoms with Gasteiger partial charge in [-0.05, 0) is 37.1 Å². The van der Waals surface area contributed by atoms with Gasteiger partial charge in [-0.25, -0.2) is 8.78 Å². The molecule has 0 radical (unpaired) electrons. The number of allylic oxidation sites excluding steroid dienone is 1. The molecule has 0 aliphatic rings. The third-order valence-electron chi connectivity index (χ3n) is 1.71. The highest BCUT2D eigenvalue weighted by Gasteiger charge is 2.06. The Kier molecular flexibility index (Phi) is 5.83. The first kappa shape index (κ1) is 13.8. The van der Waals surface area contributed by atoms with Crippen LogP contribution < -0.4 is 0 Å². The predicted octanol–water partition coefficient (Wildman–Crippen LogP) is 4.72. The molecule has 1 aromatic rings. The van der Waals surface area contributed by atoms with Crippen LogP contribution in [-0.2, 0) is 0 Å². The van der Waals surface area contributed by atoms with Crippen molar-refractivity contribution in [3.8, 4) is 0 Å². The Balaban J connectivity index is 0.000000583. The molecule has 0 atom stereocenters. The molecule has 1 rings (SSSR count). The van der Waals surface area contributed by atoms with Crippen molar-refractivity contribution >= 4 is 5.57 Å². The van der Waals surface area contributed by atoms with Crippen molar-refractivity contribution in [1.29, 1.82) is 0 Å². The fourth-order valence-corrected chi connectivity index (χ4v) is 0.973. The molecule has 0 aliphatic heterocycles. The Morgan fingerprint density at radius 3 is 2.07 bits per heavy atom. The molecule has 84 valence electrons. The molecule has 0 nitrogen and oxygen atoms in total. The van der Waals surface area contributed by atoms with Gasteiger partial charge in [0.25, 0.3) is 0 Å². The van der Waals surface area contributed by atoms with E-state index >= 15 is 0 Å². The number of benzene rings is 1. The highest BCUT2D eigenvalue weighted by atomic mass is 19.1. The minimum Gasteiger partial charge on any atom is -0.207 e. The van der Waals surface area contributed by atoms with Crippen LogP contribution in [0.1, 0.15) is 38.3 Å². The van der Waals surface area contributed by atoms with Crippen molar-refractivity contribution in [3.63, 3.8) is 0 Å². The van der Waals surface area contributed by atoms with Crippen LogP contribution in [-0.4, -0.2) is 0 Å². The van der Waals surface area contributed by atoms with Crippen molar-refractivity contribution < 1.29 is 8.78 Å². The standard InChI is InChI=1S/C10H10F2.C3H8/c1-6(2)8-5-9(11)7(3)4-10(8)12;1-3-2/h4-5H,1H2,2-3H3;3H2,1-2H3. The fraction of sp³-hybridized carbons (Fsp3) is 0.385. The Hall–Kier alpha value is -1.18. The van der Waals surface area contributed by atoms with E-state index in [0.29, 0.717) is 11.1 Å². The SMILES string of the molecule is C=C(C)c1cc(F)c(C)cc1F.CCC. The molecule has 15 heavy (non-hydrogen) atoms. The second-order valence-electron chi connectivity index (χ2n) is 3.57. The molecule has 0 saturated heterocycles. The molecule has 0 saturated carbocycles. The van der Waals surface area contributed by atoms with Gasteiger partial charge in [0.05, 0.1) is 0 Å². The van der Waals surface area contributed by atoms with Crippen molar-refractivity contribution in [2.75, 3.05) is 0 Å². The summed E-state index contributed by atoms with van der Waals surface area (Å²) < 4.78 is 26.0. The molecular weight excluding hydrogens is 194 g/mol. The Morgan fingerprint density at radius 1 is 1.20 bits per heavy atom. The van der Waals surface area contributed by atoms with E-state index in [2.05, 4.69) is 20.4 Å². The quantitative estimate of drug-likeness (QED) is 0.631. The zero-order valence-electron chi connectivity index (χ0n) is 9.82. The fourth-order valence-electron chi connectivity index (χ4n) is 0.973. The van der Waals surface area contributed by atoms with Gasteiger partial charge in [0.1, 0.15) is 11.6 Å². The lowest BCUT2D eigenvalue weighted by Gasteiger charge is -2.03. The molecular formula is C13H18F2. The number of hydrogen-bond donors (Lipinski definition) is 0. The van der Waals surface area contributed by atoms with Gasteiger partial charge >= 0.3 is 0 Å². The van der Waals surface area contributed by atoms with E-state index in [4.69, 9.17) is 0 Å². The lowest BCUT2D eigenvalue weighted by Crippen LogP contribution is -1.91. The summed E-state index contributed by atoms with van der Waals surface area (Å²) in [4.78, 5) is 0. The Bertz CT molecular complexity index is 341. The average molecular weight is 212 g/mol. The minimum absolute atomic E-state index is 0.248. The van der Waals surface area contributed by atoms with E-state index in [1.807, 2.05) is 0 Å². The summed E-state index contributed by atoms with van der Waals surface area (Å²) in [5.41, 5.74) is 1.10. The lowest BCUT2D eigenvalue weighted by atomic mass is 10.1. The van der Waals surface area contributed by atoms with Gasteiger partial charge < -0.3 is 0 Å². The first-order chi connectivity index (χ1) is 6.93. The molecule has 0 aromatic heterocycles. The van der Waals surface area contributed by atoms with Crippen molar-refractivity contribution in [1.82, 2.24) is 0 Å². The lowest BCUT2D eigenvalue weighted by molar-refractivity contribution is 0.589. The van der Waals surface area contributed by atoms with Crippen LogP contribution in [0.3, 0.4) is 0 Å². The van der Waals surface area contributed by atoms with Gasteiger partial charge in [0, 0.05) is 5.56 Å². The van der Waals surface area contributed by atoms with E-state index in [0.717, 1.165) is 0 Å². The molecule has 1 aromatic carbocycles. The highest BCUT2D eigenvalue weighted by molar-refractivity contribution is 5.62. The normalized spacial score (nSPS) is 9.20. The maximum absolute atomic E-state index is 13.1. The summed E-state index contributed by atoms with van der Waals surface area (Å²) >= 11 is 0. The zero-order valence-corrected chi connectivity index (χ0v) is 9.82. The molecule has 0 unspecified atom stereocenters. The highest BCUT2D eigenvalue weighted by Crippen LogP contribution is 2.19. The maximum atomic E-state index is 13.1. The smallest absolute Gasteiger partial charge is 0.131 e. The maximum Gasteiger partial charge on any atom is 0.131 e. The number of hydrogen-bond acceptors (Lipinski definition) is 0. The third-order valence-corrected chi connectivity index (χ3v) is 1.71. The molecule has 0 fully saturated rings. The summed E-state index contributed by atoms with van der Waals surface area (Å²) in [7, 11) is 0. The van der Waals surface area contributed by atoms with Crippen LogP contribution in [0.15, 0.2) is 18.7 Å². The number of aryl methyl sites for hydroxylation is 1. The topological polar surface area (TPSA) is 0 Å². The van der Waals surface area contributed by atoms with Crippen LogP contribution in [0.25, 0.3) is 5.57 Å². The van der Waals surface area contributed by atoms with E-state index in [1.165, 1.54) is 25.5 Å². The number of halogens is 2. The third kappa shape index (κ3) is 4.24. The van der Waals surface area contributed by atoms with E-state index in [9.17, 15) is 8.78 Å². The molecule has 0 spiro atoms. The Labute approximate surface area is 90.6 Å². The van der Waals surface area contributed by atoms with Gasteiger partial charge in [-0.15, -0.1) is 0 Å². The van der Waals surface area contributed by atoms with E-state index in [-0.39, 0.29) is 5.56 Å². The summed E-state index contributed by atoms with van der Waals surface area (Å²) in [5.74, 6) is -0.809. The molecule has 2 heteroatoms. The average Bonchev–Trinajstić information content (AvgIpc) is 2.12. The second kappa shape index (κ2) is 6.33. The minimum atomic E-state index is -0.415. The van der Waals surface area contributed by atoms with Crippen LogP contribution in [0.5, 0.6) is 0 Å². The summed E-state index contributed by atoms with van der Waals surface area (Å²) in [6.07, 6.45) is 1.25. The molecule has 0 aliphatic carbocycles. The largest absolute Gasteiger partial charge is 0.207 e. The molecule has 0 N–H and O–H groups in total. The van der Waals surface area contributed by atoms with Gasteiger partial charge in [-0.3, -0.25) is 0 Å². The monoisotopic (exact) mass is 212 g/mol. The van der Waals surface area contributed by atoms with Crippen molar-refractivity contribution in [3.05, 3.63) is 41.5 Å². The predicted molar refractivity (Wildman–Crippen MR) is 61.8 cm³/mol. The zero-order chi connectivity index (χ0) is 12.0. The van der Waals surface area contributed by atoms with Crippen LogP contribution in [0.4, 0.5) is 8.78 Å². The van der Waals surface area contributed by atoms with Crippen molar-refractivity contribution in [2.45, 2.75) is 34.1 Å². The summed E-state index contributed by atoms with van der Waals surface area (Å²) in [6.45, 7) is 11.0. The summed E-state index contributed by atoms with van der Waals surface area (Å²) in [5, 5.41) is 0. The van der Waals surface area contributed by atoms with Gasteiger partial charge in [0.15, 0.2) is 0 Å². The second-order valence-corrected chi connectivity index (χ2v) is 3.57. The van der Waals surface area contributed by atoms with Crippen molar-refractivity contribution in [2.24, 2.45) is 0 Å². The molecule has 0 bridgehead atoms. The van der Waals surface area contributed by atoms with Gasteiger partial charge in [0.2, 0.25) is 0 Å². The number of rotatable bonds is 1. The van der Waals surface area contributed by atoms with E-state index in [1.54, 1.807) is 6.92 Å². The van der Waals surface area contributed by atoms with Crippen LogP contribution in [0, 0.1) is 18.6 Å². The first-order valence-corrected chi connectivity index (χ1v) is 5.05. The van der Waals surface area contributed by atoms with Crippen LogP contribution >= 0.6 is 0 Å². The first-order valence-electron chi connectivity index (χ1n) is 5.05. The van der Waals surface area contributed by atoms with Gasteiger partial charge in [-0.1, -0.05) is 26.8 Å². The molecule has 0 amide bonds. The molecule has 0 heterocycles. The van der Waals surface area contributed by atoms with Crippen LogP contribution in [0.2, 0.25) is 0 Å². The summed E-state index contributed by atoms with van der Waals surface area (Å²) in [6, 6.07) is 2.35.